The van der Waals surface area contributed by atoms with Crippen molar-refractivity contribution in [2.45, 2.75) is 18.8 Å². The number of rotatable bonds is 4. The molecule has 1 amide bonds. The molecule has 0 aliphatic carbocycles. The van der Waals surface area contributed by atoms with E-state index < -0.39 is 0 Å². The Morgan fingerprint density at radius 2 is 2.00 bits per heavy atom. The van der Waals surface area contributed by atoms with E-state index in [2.05, 4.69) is 4.98 Å². The zero-order chi connectivity index (χ0) is 22.2. The Hall–Kier alpha value is -3.74. The predicted molar refractivity (Wildman–Crippen MR) is 125 cm³/mol. The number of ether oxygens (including phenoxy) is 2. The van der Waals surface area contributed by atoms with Gasteiger partial charge in [-0.25, -0.2) is 0 Å². The molecule has 1 aliphatic heterocycles. The smallest absolute Gasteiger partial charge is 0.270 e. The number of aromatic amines is 1. The molecule has 1 fully saturated rings. The zero-order valence-electron chi connectivity index (χ0n) is 18.2. The number of carbonyl (C=O) groups excluding carboxylic acids is 1. The van der Waals surface area contributed by atoms with Crippen LogP contribution >= 0.6 is 0 Å². The standard InChI is InChI=1S/C25H26N4O3/c1-31-22-10-9-20-17(24(22)32-2)13-21(27-20)25(30)29-11-5-7-16(14-29)23-18(26)12-15-6-3-4-8-19(15)28-23/h3-4,6,8-10,12-13,16,27H,5,7,11,14,26H2,1-2H3/t16-/m0/s1. The van der Waals surface area contributed by atoms with Gasteiger partial charge in [-0.3, -0.25) is 9.78 Å². The third-order valence-electron chi connectivity index (χ3n) is 6.25. The summed E-state index contributed by atoms with van der Waals surface area (Å²) in [6, 6.07) is 15.5. The molecule has 164 valence electrons. The van der Waals surface area contributed by atoms with E-state index in [1.54, 1.807) is 14.2 Å². The molecule has 32 heavy (non-hydrogen) atoms. The monoisotopic (exact) mass is 430 g/mol. The highest BCUT2D eigenvalue weighted by atomic mass is 16.5. The third kappa shape index (κ3) is 3.39. The molecule has 0 spiro atoms. The van der Waals surface area contributed by atoms with Crippen molar-refractivity contribution in [1.82, 2.24) is 14.9 Å². The van der Waals surface area contributed by atoms with Crippen molar-refractivity contribution in [3.63, 3.8) is 0 Å². The van der Waals surface area contributed by atoms with Gasteiger partial charge in [-0.05, 0) is 43.2 Å². The summed E-state index contributed by atoms with van der Waals surface area (Å²) in [5.74, 6) is 1.32. The summed E-state index contributed by atoms with van der Waals surface area (Å²) < 4.78 is 10.9. The van der Waals surface area contributed by atoms with Crippen LogP contribution in [-0.4, -0.2) is 48.1 Å². The number of carbonyl (C=O) groups is 1. The summed E-state index contributed by atoms with van der Waals surface area (Å²) in [5.41, 5.74) is 10.2. The molecule has 0 unspecified atom stereocenters. The number of H-pyrrole nitrogens is 1. The third-order valence-corrected chi connectivity index (χ3v) is 6.25. The van der Waals surface area contributed by atoms with Crippen LogP contribution < -0.4 is 15.2 Å². The van der Waals surface area contributed by atoms with Gasteiger partial charge in [0, 0.05) is 29.8 Å². The number of anilines is 1. The molecular formula is C25H26N4O3. The SMILES string of the molecule is COc1ccc2[nH]c(C(=O)N3CCC[C@H](c4nc5ccccc5cc4N)C3)cc2c1OC. The van der Waals surface area contributed by atoms with Crippen molar-refractivity contribution in [2.24, 2.45) is 0 Å². The van der Waals surface area contributed by atoms with Crippen LogP contribution in [0.25, 0.3) is 21.8 Å². The lowest BCUT2D eigenvalue weighted by Crippen LogP contribution is -2.39. The minimum atomic E-state index is -0.0359. The Bertz CT molecular complexity index is 1310. The van der Waals surface area contributed by atoms with E-state index in [4.69, 9.17) is 20.2 Å². The van der Waals surface area contributed by atoms with Crippen LogP contribution in [-0.2, 0) is 0 Å². The van der Waals surface area contributed by atoms with Gasteiger partial charge < -0.3 is 25.1 Å². The number of hydrogen-bond acceptors (Lipinski definition) is 5. The van der Waals surface area contributed by atoms with Crippen LogP contribution in [0.1, 0.15) is 34.9 Å². The van der Waals surface area contributed by atoms with Crippen molar-refractivity contribution in [1.29, 1.82) is 0 Å². The second-order valence-electron chi connectivity index (χ2n) is 8.19. The summed E-state index contributed by atoms with van der Waals surface area (Å²) in [5, 5.41) is 1.85. The first-order valence-corrected chi connectivity index (χ1v) is 10.8. The first kappa shape index (κ1) is 20.2. The molecule has 0 radical (unpaired) electrons. The summed E-state index contributed by atoms with van der Waals surface area (Å²) in [4.78, 5) is 23.3. The van der Waals surface area contributed by atoms with E-state index in [1.807, 2.05) is 53.4 Å². The van der Waals surface area contributed by atoms with Crippen molar-refractivity contribution >= 4 is 33.4 Å². The van der Waals surface area contributed by atoms with Gasteiger partial charge in [-0.1, -0.05) is 18.2 Å². The van der Waals surface area contributed by atoms with Crippen molar-refractivity contribution < 1.29 is 14.3 Å². The number of piperidine rings is 1. The van der Waals surface area contributed by atoms with Gasteiger partial charge in [0.15, 0.2) is 11.5 Å². The number of nitrogen functional groups attached to an aromatic ring is 1. The van der Waals surface area contributed by atoms with Gasteiger partial charge in [-0.2, -0.15) is 0 Å². The number of pyridine rings is 1. The van der Waals surface area contributed by atoms with Crippen molar-refractivity contribution in [3.8, 4) is 11.5 Å². The van der Waals surface area contributed by atoms with Crippen molar-refractivity contribution in [3.05, 3.63) is 59.9 Å². The molecule has 7 nitrogen and oxygen atoms in total. The number of benzene rings is 2. The number of nitrogens with zero attached hydrogens (tertiary/aromatic N) is 2. The molecule has 2 aromatic carbocycles. The maximum absolute atomic E-state index is 13.4. The highest BCUT2D eigenvalue weighted by Crippen LogP contribution is 2.36. The van der Waals surface area contributed by atoms with Crippen LogP contribution in [0.15, 0.2) is 48.5 Å². The Labute approximate surface area is 186 Å². The van der Waals surface area contributed by atoms with Gasteiger partial charge in [0.05, 0.1) is 36.6 Å². The molecule has 5 rings (SSSR count). The van der Waals surface area contributed by atoms with E-state index >= 15 is 0 Å². The maximum Gasteiger partial charge on any atom is 0.270 e. The number of para-hydroxylation sites is 1. The van der Waals surface area contributed by atoms with Crippen LogP contribution in [0.4, 0.5) is 5.69 Å². The zero-order valence-corrected chi connectivity index (χ0v) is 18.2. The van der Waals surface area contributed by atoms with Crippen LogP contribution in [0.3, 0.4) is 0 Å². The second-order valence-corrected chi connectivity index (χ2v) is 8.19. The fourth-order valence-electron chi connectivity index (χ4n) is 4.67. The molecule has 1 atom stereocenters. The van der Waals surface area contributed by atoms with Gasteiger partial charge in [0.25, 0.3) is 5.91 Å². The summed E-state index contributed by atoms with van der Waals surface area (Å²) in [6.07, 6.45) is 1.86. The fourth-order valence-corrected chi connectivity index (χ4v) is 4.67. The maximum atomic E-state index is 13.4. The van der Waals surface area contributed by atoms with E-state index in [1.165, 1.54) is 0 Å². The molecule has 1 saturated heterocycles. The summed E-state index contributed by atoms with van der Waals surface area (Å²) in [6.45, 7) is 1.29. The number of nitrogens with two attached hydrogens (primary N) is 1. The Morgan fingerprint density at radius 3 is 2.81 bits per heavy atom. The second kappa shape index (κ2) is 8.07. The summed E-state index contributed by atoms with van der Waals surface area (Å²) in [7, 11) is 3.20. The predicted octanol–water partition coefficient (Wildman–Crippen LogP) is 4.34. The topological polar surface area (TPSA) is 93.5 Å². The lowest BCUT2D eigenvalue weighted by Gasteiger charge is -2.32. The minimum Gasteiger partial charge on any atom is -0.493 e. The molecule has 7 heteroatoms. The Kier molecular flexibility index (Phi) is 5.09. The van der Waals surface area contributed by atoms with Gasteiger partial charge in [0.2, 0.25) is 0 Å². The van der Waals surface area contributed by atoms with E-state index in [0.29, 0.717) is 36.0 Å². The van der Waals surface area contributed by atoms with Crippen LogP contribution in [0, 0.1) is 0 Å². The lowest BCUT2D eigenvalue weighted by molar-refractivity contribution is 0.0701. The molecule has 3 N–H and O–H groups in total. The number of aromatic nitrogens is 2. The highest BCUT2D eigenvalue weighted by molar-refractivity contribution is 6.00. The molecule has 2 aromatic heterocycles. The molecule has 0 bridgehead atoms. The fraction of sp³-hybridized carbons (Fsp3) is 0.280. The first-order chi connectivity index (χ1) is 15.6. The van der Waals surface area contributed by atoms with Gasteiger partial charge in [-0.15, -0.1) is 0 Å². The highest BCUT2D eigenvalue weighted by Gasteiger charge is 2.29. The van der Waals surface area contributed by atoms with Gasteiger partial charge >= 0.3 is 0 Å². The summed E-state index contributed by atoms with van der Waals surface area (Å²) >= 11 is 0. The molecule has 3 heterocycles. The van der Waals surface area contributed by atoms with E-state index in [0.717, 1.165) is 40.3 Å². The number of hydrogen-bond donors (Lipinski definition) is 2. The van der Waals surface area contributed by atoms with Crippen LogP contribution in [0.5, 0.6) is 11.5 Å². The number of methoxy groups -OCH3 is 2. The Balaban J connectivity index is 1.43. The average Bonchev–Trinajstić information content (AvgIpc) is 3.27. The first-order valence-electron chi connectivity index (χ1n) is 10.8. The Morgan fingerprint density at radius 1 is 1.16 bits per heavy atom. The molecule has 1 aliphatic rings. The number of likely N-dealkylation sites (tertiary alicyclic amines) is 1. The quantitative estimate of drug-likeness (QED) is 0.502. The normalized spacial score (nSPS) is 16.4. The number of nitrogens with one attached hydrogen (secondary N) is 1. The average molecular weight is 431 g/mol. The number of amides is 1. The van der Waals surface area contributed by atoms with E-state index in [-0.39, 0.29) is 11.8 Å². The molecule has 4 aromatic rings. The van der Waals surface area contributed by atoms with E-state index in [9.17, 15) is 4.79 Å². The lowest BCUT2D eigenvalue weighted by atomic mass is 9.92. The van der Waals surface area contributed by atoms with Crippen molar-refractivity contribution in [2.75, 3.05) is 33.0 Å². The largest absolute Gasteiger partial charge is 0.493 e. The molecule has 0 saturated carbocycles. The van der Waals surface area contributed by atoms with Crippen LogP contribution in [0.2, 0.25) is 0 Å². The molecular weight excluding hydrogens is 404 g/mol. The minimum absolute atomic E-state index is 0.0359. The number of fused-ring (bicyclic) bond motifs is 2. The van der Waals surface area contributed by atoms with Gasteiger partial charge in [0.1, 0.15) is 5.69 Å².